The number of nitrogens with one attached hydrogen (secondary N) is 2. The Morgan fingerprint density at radius 3 is 2.08 bits per heavy atom. The summed E-state index contributed by atoms with van der Waals surface area (Å²) in [7, 11) is 0. The number of aliphatic hydroxyl groups is 2. The van der Waals surface area contributed by atoms with Crippen molar-refractivity contribution in [2.45, 2.75) is 69.1 Å². The molecule has 60 heavy (non-hydrogen) atoms. The maximum atomic E-state index is 13.9. The van der Waals surface area contributed by atoms with Crippen LogP contribution < -0.4 is 11.5 Å². The summed E-state index contributed by atoms with van der Waals surface area (Å²) < 4.78 is 37.2. The molecule has 15 nitrogen and oxygen atoms in total. The number of anilines is 2. The molecule has 8 N–H and O–H groups in total. The van der Waals surface area contributed by atoms with Crippen molar-refractivity contribution in [1.29, 1.82) is 0 Å². The van der Waals surface area contributed by atoms with Crippen molar-refractivity contribution in [2.75, 3.05) is 11.5 Å². The lowest BCUT2D eigenvalue weighted by Crippen LogP contribution is -2.34. The molecular formula is C43H40F2N12O3. The summed E-state index contributed by atoms with van der Waals surface area (Å²) in [4.78, 5) is 23.2. The van der Waals surface area contributed by atoms with Gasteiger partial charge in [0.1, 0.15) is 47.7 Å². The lowest BCUT2D eigenvalue weighted by atomic mass is 9.89. The number of nitrogen functional groups attached to an aromatic ring is 2. The third-order valence-electron chi connectivity index (χ3n) is 11.6. The monoisotopic (exact) mass is 810 g/mol. The minimum atomic E-state index is -1.13. The number of ether oxygens (including phenoxy) is 1. The normalized spacial score (nSPS) is 19.3. The van der Waals surface area contributed by atoms with Gasteiger partial charge in [0.15, 0.2) is 11.3 Å². The van der Waals surface area contributed by atoms with Crippen LogP contribution in [0.5, 0.6) is 0 Å². The second-order valence-corrected chi connectivity index (χ2v) is 15.5. The van der Waals surface area contributed by atoms with Crippen LogP contribution in [0.15, 0.2) is 91.8 Å². The van der Waals surface area contributed by atoms with Crippen LogP contribution in [-0.4, -0.2) is 71.9 Å². The molecule has 17 heteroatoms. The molecular weight excluding hydrogens is 771 g/mol. The summed E-state index contributed by atoms with van der Waals surface area (Å²) in [5.74, 6) is -0.0375. The smallest absolute Gasteiger partial charge is 0.163 e. The van der Waals surface area contributed by atoms with Gasteiger partial charge in [-0.3, -0.25) is 0 Å². The van der Waals surface area contributed by atoms with Gasteiger partial charge < -0.3 is 36.4 Å². The quantitative estimate of drug-likeness (QED) is 0.0944. The van der Waals surface area contributed by atoms with Crippen molar-refractivity contribution < 1.29 is 23.7 Å². The molecule has 0 saturated heterocycles. The molecule has 2 saturated carbocycles. The van der Waals surface area contributed by atoms with Gasteiger partial charge in [-0.15, -0.1) is 0 Å². The van der Waals surface area contributed by atoms with Gasteiger partial charge in [0.25, 0.3) is 0 Å². The third-order valence-corrected chi connectivity index (χ3v) is 11.6. The number of benzene rings is 3. The summed E-state index contributed by atoms with van der Waals surface area (Å²) >= 11 is 0. The molecule has 2 aliphatic carbocycles. The summed E-state index contributed by atoms with van der Waals surface area (Å²) in [6.07, 6.45) is 8.40. The van der Waals surface area contributed by atoms with Crippen LogP contribution >= 0.6 is 0 Å². The van der Waals surface area contributed by atoms with Gasteiger partial charge in [-0.2, -0.15) is 10.2 Å². The second-order valence-electron chi connectivity index (χ2n) is 15.5. The number of H-pyrrole nitrogens is 2. The van der Waals surface area contributed by atoms with E-state index in [1.807, 2.05) is 45.9 Å². The number of rotatable bonds is 9. The van der Waals surface area contributed by atoms with Gasteiger partial charge in [-0.1, -0.05) is 30.3 Å². The molecule has 11 rings (SSSR count). The highest BCUT2D eigenvalue weighted by Crippen LogP contribution is 2.41. The highest BCUT2D eigenvalue weighted by Gasteiger charge is 2.36. The van der Waals surface area contributed by atoms with Crippen LogP contribution in [0.2, 0.25) is 0 Å². The predicted octanol–water partition coefficient (Wildman–Crippen LogP) is 6.35. The zero-order chi connectivity index (χ0) is 41.1. The number of hydrogen-bond donors (Lipinski definition) is 6. The van der Waals surface area contributed by atoms with Crippen molar-refractivity contribution in [1.82, 2.24) is 49.5 Å². The number of aromatic nitrogens is 10. The zero-order valence-corrected chi connectivity index (χ0v) is 32.1. The minimum absolute atomic E-state index is 0.0685. The Kier molecular flexibility index (Phi) is 9.42. The van der Waals surface area contributed by atoms with E-state index >= 15 is 0 Å². The molecule has 6 aromatic heterocycles. The summed E-state index contributed by atoms with van der Waals surface area (Å²) in [6, 6.07) is 19.3. The summed E-state index contributed by atoms with van der Waals surface area (Å²) in [5.41, 5.74) is 18.8. The van der Waals surface area contributed by atoms with Gasteiger partial charge in [0.2, 0.25) is 0 Å². The largest absolute Gasteiger partial charge is 0.393 e. The number of nitrogens with two attached hydrogens (primary N) is 2. The summed E-state index contributed by atoms with van der Waals surface area (Å²) in [6.45, 7) is 0.564. The van der Waals surface area contributed by atoms with E-state index in [9.17, 15) is 19.0 Å². The van der Waals surface area contributed by atoms with Crippen LogP contribution in [0.1, 0.15) is 71.9 Å². The first-order valence-corrected chi connectivity index (χ1v) is 19.7. The van der Waals surface area contributed by atoms with Crippen molar-refractivity contribution in [3.8, 4) is 0 Å². The fourth-order valence-corrected chi connectivity index (χ4v) is 8.30. The molecule has 0 spiro atoms. The molecule has 2 fully saturated rings. The van der Waals surface area contributed by atoms with E-state index in [1.54, 1.807) is 18.3 Å². The molecule has 3 aromatic carbocycles. The van der Waals surface area contributed by atoms with Gasteiger partial charge >= 0.3 is 0 Å². The standard InChI is InChI=1S/C25H23FN6O2.C18H17FN6O/c26-15-6-7-20-18(8-15)19(11-28-20)23(33)22-21-24(27)29-13-30-25(21)32(31-22)16-9-17(10-16)34-12-14-4-2-1-3-5-14;19-10-1-2-14-13(4-10)9(7-21-14)3-15-16-17(20)22-8-23-18(16)25(24-15)11-5-12(26)6-11/h1-8,11,13,16-17,23,28,33H,9-10,12H2,(H2,27,29,30);1-2,4,7-8,11-12,21,26H,3,5-6H2,(H2,20,22,23). The van der Waals surface area contributed by atoms with Crippen molar-refractivity contribution in [2.24, 2.45) is 0 Å². The van der Waals surface area contributed by atoms with Crippen LogP contribution in [-0.2, 0) is 17.8 Å². The zero-order valence-electron chi connectivity index (χ0n) is 32.1. The molecule has 2 aliphatic rings. The molecule has 1 atom stereocenters. The van der Waals surface area contributed by atoms with Crippen LogP contribution in [0.25, 0.3) is 43.9 Å². The Bertz CT molecular complexity index is 3010. The number of aliphatic hydroxyl groups excluding tert-OH is 2. The minimum Gasteiger partial charge on any atom is -0.393 e. The molecule has 0 aliphatic heterocycles. The van der Waals surface area contributed by atoms with Crippen LogP contribution in [0.3, 0.4) is 0 Å². The van der Waals surface area contributed by atoms with Crippen LogP contribution in [0.4, 0.5) is 20.4 Å². The van der Waals surface area contributed by atoms with Gasteiger partial charge in [-0.05, 0) is 73.2 Å². The van der Waals surface area contributed by atoms with E-state index in [4.69, 9.17) is 26.4 Å². The van der Waals surface area contributed by atoms with E-state index in [1.165, 1.54) is 36.9 Å². The summed E-state index contributed by atoms with van der Waals surface area (Å²) in [5, 5.41) is 33.0. The highest BCUT2D eigenvalue weighted by atomic mass is 19.1. The second kappa shape index (κ2) is 15.1. The van der Waals surface area contributed by atoms with Crippen molar-refractivity contribution in [3.63, 3.8) is 0 Å². The van der Waals surface area contributed by atoms with E-state index in [-0.39, 0.29) is 41.7 Å². The first kappa shape index (κ1) is 37.5. The molecule has 0 amide bonds. The van der Waals surface area contributed by atoms with Crippen LogP contribution in [0, 0.1) is 11.6 Å². The molecule has 0 bridgehead atoms. The lowest BCUT2D eigenvalue weighted by Gasteiger charge is -2.35. The van der Waals surface area contributed by atoms with E-state index < -0.39 is 6.10 Å². The highest BCUT2D eigenvalue weighted by molar-refractivity contribution is 5.91. The topological polar surface area (TPSA) is 221 Å². The third kappa shape index (κ3) is 6.75. The van der Waals surface area contributed by atoms with E-state index in [2.05, 4.69) is 29.9 Å². The average molecular weight is 811 g/mol. The molecule has 0 radical (unpaired) electrons. The Labute approximate surface area is 340 Å². The predicted molar refractivity (Wildman–Crippen MR) is 220 cm³/mol. The van der Waals surface area contributed by atoms with E-state index in [0.717, 1.165) is 51.5 Å². The number of nitrogens with zero attached hydrogens (tertiary/aromatic N) is 8. The fraction of sp³-hybridized carbons (Fsp3) is 0.256. The average Bonchev–Trinajstić information content (AvgIpc) is 4.01. The number of hydrogen-bond acceptors (Lipinski definition) is 11. The molecule has 9 aromatic rings. The molecule has 6 heterocycles. The number of fused-ring (bicyclic) bond motifs is 4. The Morgan fingerprint density at radius 1 is 0.750 bits per heavy atom. The van der Waals surface area contributed by atoms with Crippen molar-refractivity contribution >= 4 is 55.5 Å². The maximum Gasteiger partial charge on any atom is 0.163 e. The fourth-order valence-electron chi connectivity index (χ4n) is 8.30. The Balaban J connectivity index is 0.000000149. The first-order valence-electron chi connectivity index (χ1n) is 19.7. The van der Waals surface area contributed by atoms with Gasteiger partial charge in [-0.25, -0.2) is 38.1 Å². The van der Waals surface area contributed by atoms with E-state index in [0.29, 0.717) is 65.0 Å². The number of aromatic amines is 2. The van der Waals surface area contributed by atoms with Gasteiger partial charge in [0, 0.05) is 46.2 Å². The lowest BCUT2D eigenvalue weighted by molar-refractivity contribution is -0.0376. The number of halogens is 2. The van der Waals surface area contributed by atoms with Gasteiger partial charge in [0.05, 0.1) is 47.4 Å². The first-order chi connectivity index (χ1) is 29.2. The maximum absolute atomic E-state index is 13.9. The Morgan fingerprint density at radius 2 is 1.37 bits per heavy atom. The molecule has 304 valence electrons. The molecule has 1 unspecified atom stereocenters. The van der Waals surface area contributed by atoms with Crippen molar-refractivity contribution in [3.05, 3.63) is 131 Å². The Hall–Kier alpha value is -6.82. The SMILES string of the molecule is Nc1ncnc2c1c(C(O)c1c[nH]c3ccc(F)cc13)nn2C1CC(OCc2ccccc2)C1.Nc1ncnc2c1c(Cc1c[nH]c3ccc(F)cc13)nn2C1CC(O)C1.